The van der Waals surface area contributed by atoms with E-state index in [1.54, 1.807) is 11.3 Å². The molecule has 0 atom stereocenters. The number of halogens is 1. The molecule has 6 nitrogen and oxygen atoms in total. The number of guanidine groups is 1. The lowest BCUT2D eigenvalue weighted by molar-refractivity contribution is -0.130. The van der Waals surface area contributed by atoms with Crippen LogP contribution in [0.4, 0.5) is 0 Å². The number of nitrogens with one attached hydrogen (secondary N) is 2. The van der Waals surface area contributed by atoms with Gasteiger partial charge in [-0.15, -0.1) is 35.3 Å². The number of aryl methyl sites for hydroxylation is 1. The Balaban J connectivity index is 0.00000312. The van der Waals surface area contributed by atoms with E-state index < -0.39 is 0 Å². The molecule has 1 aliphatic rings. The highest BCUT2D eigenvalue weighted by Crippen LogP contribution is 2.12. The van der Waals surface area contributed by atoms with Gasteiger partial charge in [0.2, 0.25) is 5.91 Å². The van der Waals surface area contributed by atoms with E-state index >= 15 is 0 Å². The lowest BCUT2D eigenvalue weighted by Gasteiger charge is -2.20. The average Bonchev–Trinajstić information content (AvgIpc) is 2.87. The van der Waals surface area contributed by atoms with Crippen LogP contribution in [0.15, 0.2) is 11.2 Å². The lowest BCUT2D eigenvalue weighted by Crippen LogP contribution is -2.39. The number of aliphatic imine (C=N–C) groups is 1. The van der Waals surface area contributed by atoms with Crippen LogP contribution in [0.2, 0.25) is 0 Å². The number of carbonyl (C=O) groups excluding carboxylic acids is 1. The second-order valence-corrected chi connectivity index (χ2v) is 7.35. The second-order valence-electron chi connectivity index (χ2n) is 6.03. The largest absolute Gasteiger partial charge is 0.357 e. The maximum absolute atomic E-state index is 12.0. The van der Waals surface area contributed by atoms with Gasteiger partial charge in [-0.25, -0.2) is 9.98 Å². The molecule has 1 fully saturated rings. The molecule has 0 bridgehead atoms. The number of carbonyl (C=O) groups is 1. The van der Waals surface area contributed by atoms with Crippen molar-refractivity contribution in [3.8, 4) is 0 Å². The van der Waals surface area contributed by atoms with Gasteiger partial charge >= 0.3 is 0 Å². The number of hydrogen-bond donors (Lipinski definition) is 2. The van der Waals surface area contributed by atoms with Gasteiger partial charge in [-0.1, -0.05) is 6.42 Å². The smallest absolute Gasteiger partial charge is 0.222 e. The summed E-state index contributed by atoms with van der Waals surface area (Å²) in [7, 11) is 0. The molecule has 0 radical (unpaired) electrons. The molecule has 0 spiro atoms. The second kappa shape index (κ2) is 12.5. The highest BCUT2D eigenvalue weighted by atomic mass is 127. The van der Waals surface area contributed by atoms with E-state index in [0.29, 0.717) is 18.9 Å². The van der Waals surface area contributed by atoms with Crippen LogP contribution < -0.4 is 10.6 Å². The quantitative estimate of drug-likeness (QED) is 0.273. The van der Waals surface area contributed by atoms with Gasteiger partial charge < -0.3 is 15.5 Å². The van der Waals surface area contributed by atoms with Crippen LogP contribution in [0, 0.1) is 6.92 Å². The predicted octanol–water partition coefficient (Wildman–Crippen LogP) is 2.92. The molecule has 0 saturated carbocycles. The van der Waals surface area contributed by atoms with Gasteiger partial charge in [0.15, 0.2) is 5.96 Å². The average molecular weight is 479 g/mol. The summed E-state index contributed by atoms with van der Waals surface area (Å²) < 4.78 is 0. The zero-order valence-electron chi connectivity index (χ0n) is 15.2. The first-order valence-corrected chi connectivity index (χ1v) is 9.72. The minimum Gasteiger partial charge on any atom is -0.357 e. The zero-order valence-corrected chi connectivity index (χ0v) is 18.4. The molecular weight excluding hydrogens is 449 g/mol. The molecule has 1 saturated heterocycles. The molecule has 1 amide bonds. The third-order valence-corrected chi connectivity index (χ3v) is 4.85. The Morgan fingerprint density at radius 3 is 2.92 bits per heavy atom. The molecular formula is C17H30IN5OS. The van der Waals surface area contributed by atoms with Gasteiger partial charge in [-0.05, 0) is 33.1 Å². The summed E-state index contributed by atoms with van der Waals surface area (Å²) in [6.45, 7) is 8.09. The van der Waals surface area contributed by atoms with Gasteiger partial charge in [0.25, 0.3) is 0 Å². The van der Waals surface area contributed by atoms with Crippen molar-refractivity contribution in [2.45, 2.75) is 52.5 Å². The Hall–Kier alpha value is -0.900. The van der Waals surface area contributed by atoms with Gasteiger partial charge in [-0.3, -0.25) is 4.79 Å². The van der Waals surface area contributed by atoms with E-state index in [1.165, 1.54) is 11.3 Å². The molecule has 1 aromatic heterocycles. The Labute approximate surface area is 171 Å². The number of hydrogen-bond acceptors (Lipinski definition) is 4. The Morgan fingerprint density at radius 2 is 2.20 bits per heavy atom. The van der Waals surface area contributed by atoms with Crippen LogP contribution in [-0.2, 0) is 11.3 Å². The van der Waals surface area contributed by atoms with E-state index in [2.05, 4.69) is 34.5 Å². The fourth-order valence-electron chi connectivity index (χ4n) is 2.71. The molecule has 0 aliphatic carbocycles. The fourth-order valence-corrected chi connectivity index (χ4v) is 3.43. The number of nitrogens with zero attached hydrogens (tertiary/aromatic N) is 3. The van der Waals surface area contributed by atoms with Crippen LogP contribution in [0.3, 0.4) is 0 Å². The van der Waals surface area contributed by atoms with Crippen LogP contribution >= 0.6 is 35.3 Å². The molecule has 1 aromatic rings. The number of aromatic nitrogens is 1. The van der Waals surface area contributed by atoms with Crippen LogP contribution in [0.25, 0.3) is 0 Å². The minimum atomic E-state index is 0. The first-order chi connectivity index (χ1) is 11.7. The van der Waals surface area contributed by atoms with Gasteiger partial charge in [0.05, 0.1) is 6.54 Å². The predicted molar refractivity (Wildman–Crippen MR) is 115 cm³/mol. The van der Waals surface area contributed by atoms with Crippen LogP contribution in [0.1, 0.15) is 48.9 Å². The highest BCUT2D eigenvalue weighted by Gasteiger charge is 2.15. The van der Waals surface area contributed by atoms with E-state index in [0.717, 1.165) is 56.4 Å². The Morgan fingerprint density at radius 1 is 1.36 bits per heavy atom. The zero-order chi connectivity index (χ0) is 17.2. The third kappa shape index (κ3) is 8.35. The summed E-state index contributed by atoms with van der Waals surface area (Å²) >= 11 is 1.68. The Bertz CT molecular complexity index is 549. The standard InChI is InChI=1S/C17H29N5OS.HI/c1-3-18-17(21-13-15-20-12-14(2)24-15)19-9-7-11-22-10-6-4-5-8-16(22)23;/h12H,3-11,13H2,1-2H3,(H2,18,19,21);1H. The van der Waals surface area contributed by atoms with E-state index in [1.807, 2.05) is 11.1 Å². The SMILES string of the molecule is CCNC(=NCc1ncc(C)s1)NCCCN1CCCCCC1=O.I. The third-order valence-electron chi connectivity index (χ3n) is 3.95. The normalized spacial score (nSPS) is 15.5. The van der Waals surface area contributed by atoms with Gasteiger partial charge in [0, 0.05) is 43.7 Å². The van der Waals surface area contributed by atoms with Crippen molar-refractivity contribution in [2.75, 3.05) is 26.2 Å². The molecule has 2 rings (SSSR count). The molecule has 25 heavy (non-hydrogen) atoms. The summed E-state index contributed by atoms with van der Waals surface area (Å²) in [5, 5.41) is 7.63. The summed E-state index contributed by atoms with van der Waals surface area (Å²) in [5.41, 5.74) is 0. The van der Waals surface area contributed by atoms with Gasteiger partial charge in [0.1, 0.15) is 5.01 Å². The van der Waals surface area contributed by atoms with E-state index in [9.17, 15) is 4.79 Å². The van der Waals surface area contributed by atoms with Crippen molar-refractivity contribution in [1.82, 2.24) is 20.5 Å². The van der Waals surface area contributed by atoms with Crippen molar-refractivity contribution >= 4 is 47.2 Å². The highest BCUT2D eigenvalue weighted by molar-refractivity contribution is 14.0. The van der Waals surface area contributed by atoms with Crippen molar-refractivity contribution in [3.05, 3.63) is 16.1 Å². The van der Waals surface area contributed by atoms with E-state index in [-0.39, 0.29) is 24.0 Å². The summed E-state index contributed by atoms with van der Waals surface area (Å²) in [5.74, 6) is 1.12. The van der Waals surface area contributed by atoms with Crippen molar-refractivity contribution in [2.24, 2.45) is 4.99 Å². The van der Waals surface area contributed by atoms with Gasteiger partial charge in [-0.2, -0.15) is 0 Å². The topological polar surface area (TPSA) is 69.6 Å². The molecule has 1 aliphatic heterocycles. The Kier molecular flexibility index (Phi) is 11.0. The molecule has 0 aromatic carbocycles. The lowest BCUT2D eigenvalue weighted by atomic mass is 10.2. The summed E-state index contributed by atoms with van der Waals surface area (Å²) in [6, 6.07) is 0. The van der Waals surface area contributed by atoms with Crippen LogP contribution in [-0.4, -0.2) is 47.9 Å². The van der Waals surface area contributed by atoms with Crippen molar-refractivity contribution in [3.63, 3.8) is 0 Å². The molecule has 8 heteroatoms. The summed E-state index contributed by atoms with van der Waals surface area (Å²) in [6.07, 6.45) is 6.89. The number of likely N-dealkylation sites (tertiary alicyclic amines) is 1. The monoisotopic (exact) mass is 479 g/mol. The number of thiazole rings is 1. The van der Waals surface area contributed by atoms with Crippen LogP contribution in [0.5, 0.6) is 0 Å². The first-order valence-electron chi connectivity index (χ1n) is 8.90. The number of rotatable bonds is 7. The molecule has 2 heterocycles. The van der Waals surface area contributed by atoms with Crippen molar-refractivity contribution < 1.29 is 4.79 Å². The maximum atomic E-state index is 12.0. The maximum Gasteiger partial charge on any atom is 0.222 e. The van der Waals surface area contributed by atoms with E-state index in [4.69, 9.17) is 0 Å². The molecule has 2 N–H and O–H groups in total. The fraction of sp³-hybridized carbons (Fsp3) is 0.706. The first kappa shape index (κ1) is 22.1. The summed E-state index contributed by atoms with van der Waals surface area (Å²) in [4.78, 5) is 24.1. The molecule has 0 unspecified atom stereocenters. The minimum absolute atomic E-state index is 0. The number of amides is 1. The van der Waals surface area contributed by atoms with Crippen molar-refractivity contribution in [1.29, 1.82) is 0 Å². The molecule has 142 valence electrons.